The standard InChI is InChI=1S/C10H14N2O2/c1-13-9-6-12-5-7(4-11)10(9)14-8-2-3-8/h5-6,8H,2-4,11H2,1H3. The van der Waals surface area contributed by atoms with Crippen molar-refractivity contribution < 1.29 is 9.47 Å². The number of nitrogens with zero attached hydrogens (tertiary/aromatic N) is 1. The molecule has 1 aliphatic carbocycles. The van der Waals surface area contributed by atoms with E-state index in [0.717, 1.165) is 24.2 Å². The van der Waals surface area contributed by atoms with Crippen molar-refractivity contribution in [3.8, 4) is 11.5 Å². The Morgan fingerprint density at radius 1 is 1.50 bits per heavy atom. The van der Waals surface area contributed by atoms with Crippen LogP contribution in [0.3, 0.4) is 0 Å². The van der Waals surface area contributed by atoms with Crippen molar-refractivity contribution in [3.05, 3.63) is 18.0 Å². The van der Waals surface area contributed by atoms with E-state index in [1.807, 2.05) is 0 Å². The molecule has 4 heteroatoms. The monoisotopic (exact) mass is 194 g/mol. The molecule has 4 nitrogen and oxygen atoms in total. The fourth-order valence-electron chi connectivity index (χ4n) is 1.25. The van der Waals surface area contributed by atoms with Crippen molar-refractivity contribution in [2.45, 2.75) is 25.5 Å². The highest BCUT2D eigenvalue weighted by atomic mass is 16.5. The molecule has 1 saturated carbocycles. The van der Waals surface area contributed by atoms with Crippen molar-refractivity contribution in [1.82, 2.24) is 4.98 Å². The second-order valence-corrected chi connectivity index (χ2v) is 3.35. The molecule has 14 heavy (non-hydrogen) atoms. The van der Waals surface area contributed by atoms with Crippen LogP contribution in [-0.2, 0) is 6.54 Å². The van der Waals surface area contributed by atoms with Crippen molar-refractivity contribution >= 4 is 0 Å². The number of ether oxygens (including phenoxy) is 2. The number of hydrogen-bond donors (Lipinski definition) is 1. The zero-order valence-corrected chi connectivity index (χ0v) is 8.19. The maximum Gasteiger partial charge on any atom is 0.179 e. The maximum atomic E-state index is 5.72. The van der Waals surface area contributed by atoms with Gasteiger partial charge in [-0.2, -0.15) is 0 Å². The van der Waals surface area contributed by atoms with Crippen LogP contribution in [0.15, 0.2) is 12.4 Å². The highest BCUT2D eigenvalue weighted by Crippen LogP contribution is 2.35. The van der Waals surface area contributed by atoms with E-state index in [2.05, 4.69) is 4.98 Å². The molecule has 1 aromatic heterocycles. The van der Waals surface area contributed by atoms with E-state index in [0.29, 0.717) is 18.4 Å². The third-order valence-corrected chi connectivity index (χ3v) is 2.19. The average molecular weight is 194 g/mol. The number of nitrogens with two attached hydrogens (primary N) is 1. The molecule has 76 valence electrons. The van der Waals surface area contributed by atoms with Crippen LogP contribution < -0.4 is 15.2 Å². The van der Waals surface area contributed by atoms with Crippen molar-refractivity contribution in [2.75, 3.05) is 7.11 Å². The Morgan fingerprint density at radius 2 is 2.29 bits per heavy atom. The second-order valence-electron chi connectivity index (χ2n) is 3.35. The molecule has 1 heterocycles. The first-order chi connectivity index (χ1) is 6.85. The van der Waals surface area contributed by atoms with Gasteiger partial charge in [0.1, 0.15) is 0 Å². The molecule has 1 aromatic rings. The lowest BCUT2D eigenvalue weighted by Gasteiger charge is -2.12. The summed E-state index contributed by atoms with van der Waals surface area (Å²) in [5.74, 6) is 1.42. The Labute approximate surface area is 83.0 Å². The minimum atomic E-state index is 0.344. The predicted molar refractivity (Wildman–Crippen MR) is 52.3 cm³/mol. The van der Waals surface area contributed by atoms with Gasteiger partial charge >= 0.3 is 0 Å². The van der Waals surface area contributed by atoms with Gasteiger partial charge in [0.25, 0.3) is 0 Å². The molecule has 0 atom stereocenters. The summed E-state index contributed by atoms with van der Waals surface area (Å²) in [5, 5.41) is 0. The molecule has 2 N–H and O–H groups in total. The quantitative estimate of drug-likeness (QED) is 0.779. The lowest BCUT2D eigenvalue weighted by Crippen LogP contribution is -2.06. The molecule has 0 radical (unpaired) electrons. The van der Waals surface area contributed by atoms with Crippen LogP contribution in [0.4, 0.5) is 0 Å². The molecule has 0 saturated heterocycles. The molecule has 0 aromatic carbocycles. The fourth-order valence-corrected chi connectivity index (χ4v) is 1.25. The topological polar surface area (TPSA) is 57.4 Å². The highest BCUT2D eigenvalue weighted by Gasteiger charge is 2.26. The SMILES string of the molecule is COc1cncc(CN)c1OC1CC1. The van der Waals surface area contributed by atoms with Gasteiger partial charge in [-0.15, -0.1) is 0 Å². The van der Waals surface area contributed by atoms with Crippen LogP contribution >= 0.6 is 0 Å². The summed E-state index contributed by atoms with van der Waals surface area (Å²) in [6.07, 6.45) is 5.96. The van der Waals surface area contributed by atoms with Gasteiger partial charge in [0, 0.05) is 18.3 Å². The van der Waals surface area contributed by atoms with E-state index < -0.39 is 0 Å². The Balaban J connectivity index is 2.29. The first-order valence-electron chi connectivity index (χ1n) is 4.72. The molecule has 1 fully saturated rings. The molecule has 2 rings (SSSR count). The van der Waals surface area contributed by atoms with E-state index >= 15 is 0 Å². The van der Waals surface area contributed by atoms with Gasteiger partial charge in [0.2, 0.25) is 0 Å². The Morgan fingerprint density at radius 3 is 2.86 bits per heavy atom. The summed E-state index contributed by atoms with van der Waals surface area (Å²) in [6, 6.07) is 0. The zero-order valence-electron chi connectivity index (χ0n) is 8.19. The summed E-state index contributed by atoms with van der Waals surface area (Å²) in [4.78, 5) is 4.03. The number of methoxy groups -OCH3 is 1. The minimum Gasteiger partial charge on any atom is -0.491 e. The van der Waals surface area contributed by atoms with Crippen molar-refractivity contribution in [2.24, 2.45) is 5.73 Å². The average Bonchev–Trinajstić information content (AvgIpc) is 3.02. The molecule has 1 aliphatic rings. The molecule has 0 aliphatic heterocycles. The lowest BCUT2D eigenvalue weighted by atomic mass is 10.2. The molecular weight excluding hydrogens is 180 g/mol. The van der Waals surface area contributed by atoms with E-state index in [9.17, 15) is 0 Å². The van der Waals surface area contributed by atoms with E-state index in [-0.39, 0.29) is 0 Å². The first kappa shape index (κ1) is 9.27. The molecule has 0 spiro atoms. The zero-order chi connectivity index (χ0) is 9.97. The summed E-state index contributed by atoms with van der Waals surface area (Å²) in [7, 11) is 1.61. The second kappa shape index (κ2) is 3.84. The first-order valence-corrected chi connectivity index (χ1v) is 4.72. The number of aromatic nitrogens is 1. The van der Waals surface area contributed by atoms with Gasteiger partial charge in [-0.1, -0.05) is 0 Å². The highest BCUT2D eigenvalue weighted by molar-refractivity contribution is 5.44. The molecule has 0 bridgehead atoms. The minimum absolute atomic E-state index is 0.344. The van der Waals surface area contributed by atoms with Crippen LogP contribution in [0.5, 0.6) is 11.5 Å². The summed E-state index contributed by atoms with van der Waals surface area (Å²) in [6.45, 7) is 0.423. The van der Waals surface area contributed by atoms with Gasteiger partial charge in [-0.3, -0.25) is 4.98 Å². The Kier molecular flexibility index (Phi) is 2.54. The predicted octanol–water partition coefficient (Wildman–Crippen LogP) is 1.09. The van der Waals surface area contributed by atoms with Crippen LogP contribution in [0.2, 0.25) is 0 Å². The number of pyridine rings is 1. The lowest BCUT2D eigenvalue weighted by molar-refractivity contribution is 0.278. The number of hydrogen-bond acceptors (Lipinski definition) is 4. The third kappa shape index (κ3) is 1.80. The fraction of sp³-hybridized carbons (Fsp3) is 0.500. The number of rotatable bonds is 4. The molecular formula is C10H14N2O2. The van der Waals surface area contributed by atoms with Crippen LogP contribution in [0.1, 0.15) is 18.4 Å². The molecule has 0 amide bonds. The Bertz CT molecular complexity index is 302. The van der Waals surface area contributed by atoms with Crippen LogP contribution in [0, 0.1) is 0 Å². The van der Waals surface area contributed by atoms with Gasteiger partial charge in [0.15, 0.2) is 11.5 Å². The van der Waals surface area contributed by atoms with Gasteiger partial charge < -0.3 is 15.2 Å². The van der Waals surface area contributed by atoms with E-state index in [1.165, 1.54) is 0 Å². The Hall–Kier alpha value is -1.29. The van der Waals surface area contributed by atoms with Crippen molar-refractivity contribution in [3.63, 3.8) is 0 Å². The largest absolute Gasteiger partial charge is 0.491 e. The third-order valence-electron chi connectivity index (χ3n) is 2.19. The molecule has 0 unspecified atom stereocenters. The van der Waals surface area contributed by atoms with E-state index in [1.54, 1.807) is 19.5 Å². The van der Waals surface area contributed by atoms with Crippen LogP contribution in [0.25, 0.3) is 0 Å². The van der Waals surface area contributed by atoms with Crippen LogP contribution in [-0.4, -0.2) is 18.2 Å². The van der Waals surface area contributed by atoms with Crippen molar-refractivity contribution in [1.29, 1.82) is 0 Å². The summed E-state index contributed by atoms with van der Waals surface area (Å²) < 4.78 is 10.9. The normalized spacial score (nSPS) is 15.3. The summed E-state index contributed by atoms with van der Waals surface area (Å²) in [5.41, 5.74) is 6.49. The van der Waals surface area contributed by atoms with Gasteiger partial charge in [-0.25, -0.2) is 0 Å². The smallest absolute Gasteiger partial charge is 0.179 e. The summed E-state index contributed by atoms with van der Waals surface area (Å²) >= 11 is 0. The van der Waals surface area contributed by atoms with Gasteiger partial charge in [-0.05, 0) is 12.8 Å². The maximum absolute atomic E-state index is 5.72. The van der Waals surface area contributed by atoms with E-state index in [4.69, 9.17) is 15.2 Å². The van der Waals surface area contributed by atoms with Gasteiger partial charge in [0.05, 0.1) is 19.4 Å².